The molecular weight excluding hydrogens is 382 g/mol. The number of aliphatic imine (C=N–C) groups is 1. The Morgan fingerprint density at radius 3 is 2.48 bits per heavy atom. The van der Waals surface area contributed by atoms with E-state index in [1.54, 1.807) is 38.6 Å². The van der Waals surface area contributed by atoms with Gasteiger partial charge < -0.3 is 14.6 Å². The lowest BCUT2D eigenvalue weighted by atomic mass is 10.0. The molecule has 2 aromatic carbocycles. The van der Waals surface area contributed by atoms with Gasteiger partial charge in [0.25, 0.3) is 0 Å². The molecule has 23 heavy (non-hydrogen) atoms. The van der Waals surface area contributed by atoms with Gasteiger partial charge in [-0.25, -0.2) is 0 Å². The third kappa shape index (κ3) is 3.46. The first-order chi connectivity index (χ1) is 10.9. The van der Waals surface area contributed by atoms with Crippen LogP contribution < -0.4 is 9.47 Å². The fourth-order valence-corrected chi connectivity index (χ4v) is 2.88. The second-order valence-electron chi connectivity index (χ2n) is 4.94. The number of hydrogen-bond donors (Lipinski definition) is 1. The number of aromatic hydroxyl groups is 1. The lowest BCUT2D eigenvalue weighted by molar-refractivity contribution is 0.404. The van der Waals surface area contributed by atoms with Gasteiger partial charge in [-0.05, 0) is 53.0 Å². The van der Waals surface area contributed by atoms with Crippen molar-refractivity contribution in [2.24, 2.45) is 4.99 Å². The Kier molecular flexibility index (Phi) is 5.55. The van der Waals surface area contributed by atoms with Crippen molar-refractivity contribution in [3.05, 3.63) is 44.4 Å². The van der Waals surface area contributed by atoms with Crippen molar-refractivity contribution in [1.82, 2.24) is 0 Å². The minimum Gasteiger partial charge on any atom is -0.506 e. The number of phenols is 1. The van der Waals surface area contributed by atoms with Gasteiger partial charge in [0.1, 0.15) is 22.9 Å². The first-order valence-electron chi connectivity index (χ1n) is 6.83. The van der Waals surface area contributed by atoms with Crippen LogP contribution in [0.3, 0.4) is 0 Å². The van der Waals surface area contributed by atoms with E-state index in [9.17, 15) is 5.11 Å². The fourth-order valence-electron chi connectivity index (χ4n) is 2.16. The summed E-state index contributed by atoms with van der Waals surface area (Å²) in [4.78, 5) is 4.42. The molecule has 0 unspecified atom stereocenters. The van der Waals surface area contributed by atoms with E-state index in [-0.39, 0.29) is 5.75 Å². The third-order valence-corrected chi connectivity index (χ3v) is 5.11. The van der Waals surface area contributed by atoms with Crippen LogP contribution in [0.4, 0.5) is 5.69 Å². The van der Waals surface area contributed by atoms with Gasteiger partial charge in [-0.2, -0.15) is 0 Å². The monoisotopic (exact) mass is 397 g/mol. The molecule has 0 bridgehead atoms. The Hall–Kier alpha value is -1.72. The maximum absolute atomic E-state index is 10.3. The molecule has 0 radical (unpaired) electrons. The summed E-state index contributed by atoms with van der Waals surface area (Å²) in [5.74, 6) is 1.38. The lowest BCUT2D eigenvalue weighted by Gasteiger charge is -2.12. The van der Waals surface area contributed by atoms with E-state index in [2.05, 4.69) is 20.9 Å². The Labute approximate surface area is 148 Å². The van der Waals surface area contributed by atoms with Crippen LogP contribution in [0.25, 0.3) is 0 Å². The van der Waals surface area contributed by atoms with Gasteiger partial charge in [0.15, 0.2) is 0 Å². The molecule has 2 aromatic rings. The molecule has 4 nitrogen and oxygen atoms in total. The van der Waals surface area contributed by atoms with Crippen molar-refractivity contribution in [2.45, 2.75) is 13.8 Å². The Bertz CT molecular complexity index is 746. The van der Waals surface area contributed by atoms with Crippen LogP contribution in [-0.2, 0) is 0 Å². The minimum atomic E-state index is 0.106. The van der Waals surface area contributed by atoms with Crippen molar-refractivity contribution in [2.75, 3.05) is 14.2 Å². The second-order valence-corrected chi connectivity index (χ2v) is 6.11. The smallest absolute Gasteiger partial charge is 0.144 e. The highest BCUT2D eigenvalue weighted by molar-refractivity contribution is 9.10. The van der Waals surface area contributed by atoms with Gasteiger partial charge in [-0.3, -0.25) is 4.99 Å². The standard InChI is InChI=1S/C17H17BrClNO3/c1-9-12(17(21)15(18)10(2)16(9)19)8-20-13-7-11(22-3)5-6-14(13)23-4/h5-8,21H,1-4H3. The molecule has 0 aliphatic rings. The summed E-state index contributed by atoms with van der Waals surface area (Å²) in [6.45, 7) is 3.68. The topological polar surface area (TPSA) is 51.0 Å². The summed E-state index contributed by atoms with van der Waals surface area (Å²) in [6, 6.07) is 5.32. The summed E-state index contributed by atoms with van der Waals surface area (Å²) in [7, 11) is 3.16. The minimum absolute atomic E-state index is 0.106. The molecule has 0 aromatic heterocycles. The van der Waals surface area contributed by atoms with Gasteiger partial charge in [-0.15, -0.1) is 0 Å². The Morgan fingerprint density at radius 2 is 1.87 bits per heavy atom. The van der Waals surface area contributed by atoms with E-state index >= 15 is 0 Å². The molecule has 6 heteroatoms. The van der Waals surface area contributed by atoms with E-state index in [1.807, 2.05) is 13.8 Å². The van der Waals surface area contributed by atoms with Crippen LogP contribution in [0.15, 0.2) is 27.7 Å². The normalized spacial score (nSPS) is 11.0. The van der Waals surface area contributed by atoms with E-state index in [0.29, 0.717) is 32.2 Å². The highest BCUT2D eigenvalue weighted by Crippen LogP contribution is 2.39. The van der Waals surface area contributed by atoms with E-state index < -0.39 is 0 Å². The average molecular weight is 399 g/mol. The molecule has 0 saturated carbocycles. The number of benzene rings is 2. The number of nitrogens with zero attached hydrogens (tertiary/aromatic N) is 1. The number of methoxy groups -OCH3 is 2. The quantitative estimate of drug-likeness (QED) is 0.721. The Balaban J connectivity index is 2.53. The van der Waals surface area contributed by atoms with Gasteiger partial charge in [-0.1, -0.05) is 11.6 Å². The molecule has 0 spiro atoms. The molecular formula is C17H17BrClNO3. The van der Waals surface area contributed by atoms with Crippen molar-refractivity contribution in [3.8, 4) is 17.2 Å². The number of ether oxygens (including phenoxy) is 2. The molecule has 1 N–H and O–H groups in total. The van der Waals surface area contributed by atoms with E-state index in [0.717, 1.165) is 11.1 Å². The zero-order chi connectivity index (χ0) is 17.1. The maximum atomic E-state index is 10.3. The Morgan fingerprint density at radius 1 is 1.17 bits per heavy atom. The summed E-state index contributed by atoms with van der Waals surface area (Å²) in [5, 5.41) is 10.9. The fraction of sp³-hybridized carbons (Fsp3) is 0.235. The van der Waals surface area contributed by atoms with Crippen LogP contribution in [0.1, 0.15) is 16.7 Å². The summed E-state index contributed by atoms with van der Waals surface area (Å²) < 4.78 is 11.1. The zero-order valence-corrected chi connectivity index (χ0v) is 15.6. The predicted molar refractivity (Wildman–Crippen MR) is 97.1 cm³/mol. The van der Waals surface area contributed by atoms with Crippen LogP contribution >= 0.6 is 27.5 Å². The molecule has 2 rings (SSSR count). The first-order valence-corrected chi connectivity index (χ1v) is 8.01. The second kappa shape index (κ2) is 7.23. The molecule has 0 fully saturated rings. The zero-order valence-electron chi connectivity index (χ0n) is 13.3. The number of halogens is 2. The van der Waals surface area contributed by atoms with Crippen LogP contribution in [0.2, 0.25) is 5.02 Å². The van der Waals surface area contributed by atoms with Crippen molar-refractivity contribution < 1.29 is 14.6 Å². The van der Waals surface area contributed by atoms with Crippen molar-refractivity contribution in [1.29, 1.82) is 0 Å². The van der Waals surface area contributed by atoms with Crippen LogP contribution in [0.5, 0.6) is 17.2 Å². The number of phenolic OH excluding ortho intramolecular Hbond substituents is 1. The van der Waals surface area contributed by atoms with Crippen LogP contribution in [0, 0.1) is 13.8 Å². The lowest BCUT2D eigenvalue weighted by Crippen LogP contribution is -1.94. The number of rotatable bonds is 4. The molecule has 0 aliphatic carbocycles. The first kappa shape index (κ1) is 17.6. The van der Waals surface area contributed by atoms with Crippen molar-refractivity contribution >= 4 is 39.4 Å². The van der Waals surface area contributed by atoms with Gasteiger partial charge in [0.05, 0.1) is 18.7 Å². The molecule has 0 amide bonds. The number of hydrogen-bond acceptors (Lipinski definition) is 4. The van der Waals surface area contributed by atoms with Gasteiger partial charge in [0, 0.05) is 22.9 Å². The van der Waals surface area contributed by atoms with Gasteiger partial charge >= 0.3 is 0 Å². The summed E-state index contributed by atoms with van der Waals surface area (Å²) >= 11 is 9.65. The molecule has 0 heterocycles. The molecule has 0 aliphatic heterocycles. The van der Waals surface area contributed by atoms with Crippen LogP contribution in [-0.4, -0.2) is 25.5 Å². The molecule has 0 atom stereocenters. The highest BCUT2D eigenvalue weighted by atomic mass is 79.9. The van der Waals surface area contributed by atoms with Gasteiger partial charge in [0.2, 0.25) is 0 Å². The maximum Gasteiger partial charge on any atom is 0.144 e. The summed E-state index contributed by atoms with van der Waals surface area (Å²) in [5.41, 5.74) is 2.70. The average Bonchev–Trinajstić information content (AvgIpc) is 2.57. The molecule has 122 valence electrons. The van der Waals surface area contributed by atoms with E-state index in [4.69, 9.17) is 21.1 Å². The highest BCUT2D eigenvalue weighted by Gasteiger charge is 2.15. The SMILES string of the molecule is COc1ccc(OC)c(N=Cc2c(C)c(Cl)c(C)c(Br)c2O)c1. The predicted octanol–water partition coefficient (Wildman–Crippen LogP) is 5.19. The van der Waals surface area contributed by atoms with E-state index in [1.165, 1.54) is 0 Å². The molecule has 0 saturated heterocycles. The largest absolute Gasteiger partial charge is 0.506 e. The third-order valence-electron chi connectivity index (χ3n) is 3.57. The van der Waals surface area contributed by atoms with Crippen molar-refractivity contribution in [3.63, 3.8) is 0 Å². The summed E-state index contributed by atoms with van der Waals surface area (Å²) in [6.07, 6.45) is 1.57.